The molecule has 2 unspecified atom stereocenters. The van der Waals surface area contributed by atoms with Crippen LogP contribution in [0.1, 0.15) is 33.6 Å². The Bertz CT molecular complexity index is 140. The first-order valence-corrected chi connectivity index (χ1v) is 4.16. The van der Waals surface area contributed by atoms with Crippen LogP contribution in [-0.4, -0.2) is 18.5 Å². The highest BCUT2D eigenvalue weighted by molar-refractivity contribution is 5.84. The third-order valence-corrected chi connectivity index (χ3v) is 2.08. The number of nitrogens with one attached hydrogen (secondary N) is 1. The number of aliphatic imine (C=N–C) groups is 1. The molecule has 0 saturated heterocycles. The monoisotopic (exact) mass is 154 g/mol. The molecule has 0 aliphatic heterocycles. The summed E-state index contributed by atoms with van der Waals surface area (Å²) in [5, 5.41) is 7.64. The van der Waals surface area contributed by atoms with Crippen molar-refractivity contribution in [2.24, 2.45) is 10.9 Å². The lowest BCUT2D eigenvalue weighted by Gasteiger charge is -2.15. The van der Waals surface area contributed by atoms with Gasteiger partial charge in [-0.3, -0.25) is 4.99 Å². The predicted molar refractivity (Wildman–Crippen MR) is 50.8 cm³/mol. The summed E-state index contributed by atoms with van der Waals surface area (Å²) in [5.41, 5.74) is 0.799. The summed E-state index contributed by atoms with van der Waals surface area (Å²) in [4.78, 5) is 3.90. The topological polar surface area (TPSA) is 36.2 Å². The first-order valence-electron chi connectivity index (χ1n) is 4.16. The van der Waals surface area contributed by atoms with Crippen LogP contribution in [0.5, 0.6) is 0 Å². The molecule has 0 amide bonds. The maximum Gasteiger partial charge on any atom is 0.0541 e. The highest BCUT2D eigenvalue weighted by Gasteiger charge is 2.13. The molecule has 0 radical (unpaired) electrons. The summed E-state index contributed by atoms with van der Waals surface area (Å²) in [6.07, 6.45) is 1.94. The Morgan fingerprint density at radius 3 is 2.45 bits per heavy atom. The van der Waals surface area contributed by atoms with Crippen molar-refractivity contribution in [3.8, 4) is 0 Å². The van der Waals surface area contributed by atoms with Crippen molar-refractivity contribution in [1.82, 2.24) is 0 Å². The van der Waals surface area contributed by atoms with Crippen molar-refractivity contribution in [3.05, 3.63) is 0 Å². The van der Waals surface area contributed by atoms with E-state index in [9.17, 15) is 0 Å². The summed E-state index contributed by atoms with van der Waals surface area (Å²) in [7, 11) is 0. The molecule has 0 aliphatic rings. The second-order valence-corrected chi connectivity index (χ2v) is 2.99. The second-order valence-electron chi connectivity index (χ2n) is 2.99. The molecule has 2 atom stereocenters. The van der Waals surface area contributed by atoms with E-state index in [1.54, 1.807) is 0 Å². The largest absolute Gasteiger partial charge is 0.309 e. The normalized spacial score (nSPS) is 15.5. The summed E-state index contributed by atoms with van der Waals surface area (Å²) in [6, 6.07) is 0.189. The maximum absolute atomic E-state index is 7.64. The molecule has 0 aliphatic carbocycles. The molecule has 0 heterocycles. The SMILES string of the molecule is C=NC(C)C(C)C(=N)CCC. The van der Waals surface area contributed by atoms with Gasteiger partial charge in [0.25, 0.3) is 0 Å². The molecule has 0 saturated carbocycles. The van der Waals surface area contributed by atoms with Gasteiger partial charge in [0, 0.05) is 11.6 Å². The van der Waals surface area contributed by atoms with Crippen molar-refractivity contribution in [1.29, 1.82) is 5.41 Å². The van der Waals surface area contributed by atoms with Gasteiger partial charge in [0.05, 0.1) is 6.04 Å². The lowest BCUT2D eigenvalue weighted by Crippen LogP contribution is -2.20. The first-order chi connectivity index (χ1) is 5.13. The molecule has 1 N–H and O–H groups in total. The fourth-order valence-electron chi connectivity index (χ4n) is 0.946. The number of rotatable bonds is 5. The lowest BCUT2D eigenvalue weighted by atomic mass is 9.95. The van der Waals surface area contributed by atoms with Crippen molar-refractivity contribution in [3.63, 3.8) is 0 Å². The van der Waals surface area contributed by atoms with Crippen molar-refractivity contribution < 1.29 is 0 Å². The minimum atomic E-state index is 0.189. The Balaban J connectivity index is 3.90. The highest BCUT2D eigenvalue weighted by Crippen LogP contribution is 2.10. The fraction of sp³-hybridized carbons (Fsp3) is 0.778. The van der Waals surface area contributed by atoms with E-state index >= 15 is 0 Å². The Morgan fingerprint density at radius 2 is 2.09 bits per heavy atom. The van der Waals surface area contributed by atoms with Crippen LogP contribution in [0.2, 0.25) is 0 Å². The van der Waals surface area contributed by atoms with Gasteiger partial charge >= 0.3 is 0 Å². The van der Waals surface area contributed by atoms with Crippen LogP contribution in [0.3, 0.4) is 0 Å². The third kappa shape index (κ3) is 3.30. The smallest absolute Gasteiger partial charge is 0.0541 e. The molecule has 11 heavy (non-hydrogen) atoms. The molecule has 0 fully saturated rings. The number of hydrogen-bond acceptors (Lipinski definition) is 2. The molecule has 0 bridgehead atoms. The van der Waals surface area contributed by atoms with Crippen LogP contribution in [0.15, 0.2) is 4.99 Å². The van der Waals surface area contributed by atoms with Gasteiger partial charge in [0.15, 0.2) is 0 Å². The van der Waals surface area contributed by atoms with Gasteiger partial charge < -0.3 is 5.41 Å². The molecule has 0 aromatic heterocycles. The summed E-state index contributed by atoms with van der Waals surface area (Å²) < 4.78 is 0. The Hall–Kier alpha value is -0.660. The summed E-state index contributed by atoms with van der Waals surface area (Å²) in [6.45, 7) is 9.61. The summed E-state index contributed by atoms with van der Waals surface area (Å²) >= 11 is 0. The molecular weight excluding hydrogens is 136 g/mol. The zero-order valence-electron chi connectivity index (χ0n) is 7.72. The third-order valence-electron chi connectivity index (χ3n) is 2.08. The zero-order valence-corrected chi connectivity index (χ0v) is 7.72. The van der Waals surface area contributed by atoms with E-state index in [1.165, 1.54) is 0 Å². The average Bonchev–Trinajstić information content (AvgIpc) is 2.02. The molecule has 0 rings (SSSR count). The molecule has 0 spiro atoms. The Kier molecular flexibility index (Phi) is 4.75. The molecule has 0 aromatic carbocycles. The van der Waals surface area contributed by atoms with Crippen molar-refractivity contribution in [2.75, 3.05) is 0 Å². The molecular formula is C9H18N2. The average molecular weight is 154 g/mol. The van der Waals surface area contributed by atoms with Gasteiger partial charge in [-0.2, -0.15) is 0 Å². The quantitative estimate of drug-likeness (QED) is 0.591. The fourth-order valence-corrected chi connectivity index (χ4v) is 0.946. The van der Waals surface area contributed by atoms with Crippen LogP contribution in [0.4, 0.5) is 0 Å². The number of hydrogen-bond donors (Lipinski definition) is 1. The summed E-state index contributed by atoms with van der Waals surface area (Å²) in [5.74, 6) is 0.257. The maximum atomic E-state index is 7.64. The van der Waals surface area contributed by atoms with E-state index in [2.05, 4.69) is 18.6 Å². The lowest BCUT2D eigenvalue weighted by molar-refractivity contribution is 0.604. The Morgan fingerprint density at radius 1 is 1.55 bits per heavy atom. The minimum absolute atomic E-state index is 0.189. The van der Waals surface area contributed by atoms with Crippen LogP contribution in [-0.2, 0) is 0 Å². The number of nitrogens with zero attached hydrogens (tertiary/aromatic N) is 1. The van der Waals surface area contributed by atoms with E-state index in [0.29, 0.717) is 0 Å². The zero-order chi connectivity index (χ0) is 8.85. The molecule has 2 nitrogen and oxygen atoms in total. The molecule has 2 heteroatoms. The molecule has 64 valence electrons. The first kappa shape index (κ1) is 10.3. The van der Waals surface area contributed by atoms with E-state index in [-0.39, 0.29) is 12.0 Å². The van der Waals surface area contributed by atoms with E-state index < -0.39 is 0 Å². The highest BCUT2D eigenvalue weighted by atomic mass is 14.7. The van der Waals surface area contributed by atoms with E-state index in [4.69, 9.17) is 5.41 Å². The van der Waals surface area contributed by atoms with Crippen LogP contribution >= 0.6 is 0 Å². The molecule has 0 aromatic rings. The Labute approximate surface area is 69.2 Å². The van der Waals surface area contributed by atoms with Crippen molar-refractivity contribution in [2.45, 2.75) is 39.7 Å². The van der Waals surface area contributed by atoms with Crippen molar-refractivity contribution >= 4 is 12.4 Å². The van der Waals surface area contributed by atoms with Crippen LogP contribution in [0.25, 0.3) is 0 Å². The van der Waals surface area contributed by atoms with Gasteiger partial charge in [-0.25, -0.2) is 0 Å². The van der Waals surface area contributed by atoms with Gasteiger partial charge in [0.2, 0.25) is 0 Å². The van der Waals surface area contributed by atoms with Gasteiger partial charge in [-0.05, 0) is 20.1 Å². The van der Waals surface area contributed by atoms with E-state index in [0.717, 1.165) is 18.6 Å². The van der Waals surface area contributed by atoms with E-state index in [1.807, 2.05) is 13.8 Å². The van der Waals surface area contributed by atoms with Crippen LogP contribution in [0, 0.1) is 11.3 Å². The second kappa shape index (κ2) is 5.05. The predicted octanol–water partition coefficient (Wildman–Crippen LogP) is 2.53. The standard InChI is InChI=1S/C9H18N2/c1-5-6-9(10)7(2)8(3)11-4/h7-8,10H,4-6H2,1-3H3. The van der Waals surface area contributed by atoms with Gasteiger partial charge in [-0.15, -0.1) is 0 Å². The minimum Gasteiger partial charge on any atom is -0.309 e. The van der Waals surface area contributed by atoms with Crippen LogP contribution < -0.4 is 0 Å². The van der Waals surface area contributed by atoms with Gasteiger partial charge in [0.1, 0.15) is 0 Å². The van der Waals surface area contributed by atoms with Gasteiger partial charge in [-0.1, -0.05) is 20.3 Å².